The fourth-order valence-corrected chi connectivity index (χ4v) is 1.43. The molecule has 4 heteroatoms. The lowest BCUT2D eigenvalue weighted by molar-refractivity contribution is 0.446. The van der Waals surface area contributed by atoms with Gasteiger partial charge < -0.3 is 9.73 Å². The zero-order valence-electron chi connectivity index (χ0n) is 9.53. The first-order chi connectivity index (χ1) is 7.74. The summed E-state index contributed by atoms with van der Waals surface area (Å²) in [5.74, 6) is 1.23. The highest BCUT2D eigenvalue weighted by atomic mass is 16.4. The fourth-order valence-electron chi connectivity index (χ4n) is 1.43. The molecule has 0 unspecified atom stereocenters. The highest BCUT2D eigenvalue weighted by Crippen LogP contribution is 2.03. The van der Waals surface area contributed by atoms with Gasteiger partial charge in [0.2, 0.25) is 11.8 Å². The van der Waals surface area contributed by atoms with Gasteiger partial charge in [0.25, 0.3) is 0 Å². The quantitative estimate of drug-likeness (QED) is 0.850. The van der Waals surface area contributed by atoms with Gasteiger partial charge in [-0.2, -0.15) is 0 Å². The van der Waals surface area contributed by atoms with Crippen LogP contribution in [-0.4, -0.2) is 10.2 Å². The van der Waals surface area contributed by atoms with Crippen LogP contribution >= 0.6 is 0 Å². The molecule has 0 bridgehead atoms. The molecule has 0 saturated heterocycles. The van der Waals surface area contributed by atoms with E-state index in [1.807, 2.05) is 0 Å². The minimum absolute atomic E-state index is 0.604. The molecule has 0 atom stereocenters. The minimum atomic E-state index is 0.604. The van der Waals surface area contributed by atoms with Crippen LogP contribution in [0.2, 0.25) is 0 Å². The lowest BCUT2D eigenvalue weighted by Crippen LogP contribution is -2.12. The summed E-state index contributed by atoms with van der Waals surface area (Å²) in [6.07, 6.45) is 0. The molecule has 1 aromatic heterocycles. The maximum absolute atomic E-state index is 5.26. The van der Waals surface area contributed by atoms with Gasteiger partial charge in [0.05, 0.1) is 6.54 Å². The molecular formula is C12H15N3O. The third-order valence-corrected chi connectivity index (χ3v) is 2.29. The molecule has 0 amide bonds. The van der Waals surface area contributed by atoms with E-state index in [1.54, 1.807) is 6.92 Å². The predicted octanol–water partition coefficient (Wildman–Crippen LogP) is 1.98. The highest BCUT2D eigenvalue weighted by molar-refractivity contribution is 5.21. The van der Waals surface area contributed by atoms with Crippen LogP contribution in [0.5, 0.6) is 0 Å². The molecule has 2 aromatic rings. The van der Waals surface area contributed by atoms with E-state index in [-0.39, 0.29) is 0 Å². The molecule has 0 aliphatic carbocycles. The van der Waals surface area contributed by atoms with Gasteiger partial charge in [-0.05, 0) is 12.5 Å². The van der Waals surface area contributed by atoms with Crippen LogP contribution in [-0.2, 0) is 13.1 Å². The van der Waals surface area contributed by atoms with E-state index in [1.165, 1.54) is 11.1 Å². The number of aryl methyl sites for hydroxylation is 2. The van der Waals surface area contributed by atoms with Crippen LogP contribution in [0.4, 0.5) is 0 Å². The van der Waals surface area contributed by atoms with Crippen molar-refractivity contribution >= 4 is 0 Å². The lowest BCUT2D eigenvalue weighted by atomic mass is 10.1. The van der Waals surface area contributed by atoms with Crippen molar-refractivity contribution in [3.05, 3.63) is 47.2 Å². The highest BCUT2D eigenvalue weighted by Gasteiger charge is 2.00. The summed E-state index contributed by atoms with van der Waals surface area (Å²) in [4.78, 5) is 0. The van der Waals surface area contributed by atoms with Gasteiger partial charge in [0, 0.05) is 13.5 Å². The van der Waals surface area contributed by atoms with Crippen LogP contribution in [0.1, 0.15) is 22.9 Å². The molecule has 0 saturated carbocycles. The summed E-state index contributed by atoms with van der Waals surface area (Å²) in [5.41, 5.74) is 2.53. The number of benzene rings is 1. The number of hydrogen-bond donors (Lipinski definition) is 1. The monoisotopic (exact) mass is 217 g/mol. The van der Waals surface area contributed by atoms with Crippen molar-refractivity contribution in [3.63, 3.8) is 0 Å². The van der Waals surface area contributed by atoms with E-state index in [0.29, 0.717) is 18.3 Å². The smallest absolute Gasteiger partial charge is 0.230 e. The van der Waals surface area contributed by atoms with Gasteiger partial charge >= 0.3 is 0 Å². The molecule has 1 N–H and O–H groups in total. The summed E-state index contributed by atoms with van der Waals surface area (Å²) in [7, 11) is 0. The van der Waals surface area contributed by atoms with Gasteiger partial charge in [-0.1, -0.05) is 29.8 Å². The fraction of sp³-hybridized carbons (Fsp3) is 0.333. The molecule has 0 radical (unpaired) electrons. The molecule has 4 nitrogen and oxygen atoms in total. The van der Waals surface area contributed by atoms with E-state index in [0.717, 1.165) is 6.54 Å². The largest absolute Gasteiger partial charge is 0.424 e. The first kappa shape index (κ1) is 10.8. The molecule has 84 valence electrons. The average Bonchev–Trinajstić information content (AvgIpc) is 2.67. The summed E-state index contributed by atoms with van der Waals surface area (Å²) in [5, 5.41) is 10.9. The molecule has 1 heterocycles. The maximum atomic E-state index is 5.26. The number of aromatic nitrogens is 2. The zero-order valence-corrected chi connectivity index (χ0v) is 9.53. The first-order valence-electron chi connectivity index (χ1n) is 5.29. The van der Waals surface area contributed by atoms with Crippen molar-refractivity contribution in [3.8, 4) is 0 Å². The van der Waals surface area contributed by atoms with Gasteiger partial charge in [0.15, 0.2) is 0 Å². The van der Waals surface area contributed by atoms with Crippen LogP contribution < -0.4 is 5.32 Å². The Morgan fingerprint density at radius 2 is 1.81 bits per heavy atom. The number of hydrogen-bond acceptors (Lipinski definition) is 4. The van der Waals surface area contributed by atoms with Crippen molar-refractivity contribution in [2.75, 3.05) is 0 Å². The molecular weight excluding hydrogens is 202 g/mol. The Bertz CT molecular complexity index is 448. The average molecular weight is 217 g/mol. The Kier molecular flexibility index (Phi) is 3.31. The number of rotatable bonds is 4. The molecule has 0 aliphatic heterocycles. The Hall–Kier alpha value is -1.68. The molecule has 0 aliphatic rings. The van der Waals surface area contributed by atoms with Crippen LogP contribution in [0.15, 0.2) is 28.7 Å². The topological polar surface area (TPSA) is 51.0 Å². The summed E-state index contributed by atoms with van der Waals surface area (Å²) >= 11 is 0. The molecule has 0 fully saturated rings. The standard InChI is InChI=1S/C12H15N3O/c1-9-3-5-11(6-4-9)7-13-8-12-15-14-10(2)16-12/h3-6,13H,7-8H2,1-2H3. The van der Waals surface area contributed by atoms with Gasteiger partial charge in [-0.3, -0.25) is 0 Å². The Labute approximate surface area is 94.7 Å². The van der Waals surface area contributed by atoms with E-state index in [9.17, 15) is 0 Å². The Morgan fingerprint density at radius 1 is 1.06 bits per heavy atom. The Morgan fingerprint density at radius 3 is 2.44 bits per heavy atom. The van der Waals surface area contributed by atoms with E-state index < -0.39 is 0 Å². The maximum Gasteiger partial charge on any atom is 0.230 e. The van der Waals surface area contributed by atoms with Crippen LogP contribution in [0.25, 0.3) is 0 Å². The second-order valence-corrected chi connectivity index (χ2v) is 3.80. The van der Waals surface area contributed by atoms with Crippen molar-refractivity contribution in [1.82, 2.24) is 15.5 Å². The minimum Gasteiger partial charge on any atom is -0.424 e. The normalized spacial score (nSPS) is 10.6. The van der Waals surface area contributed by atoms with E-state index >= 15 is 0 Å². The predicted molar refractivity (Wildman–Crippen MR) is 60.8 cm³/mol. The second kappa shape index (κ2) is 4.90. The van der Waals surface area contributed by atoms with Gasteiger partial charge in [-0.25, -0.2) is 0 Å². The molecule has 2 rings (SSSR count). The lowest BCUT2D eigenvalue weighted by Gasteiger charge is -2.02. The van der Waals surface area contributed by atoms with E-state index in [4.69, 9.17) is 4.42 Å². The summed E-state index contributed by atoms with van der Waals surface area (Å²) in [6, 6.07) is 8.44. The first-order valence-corrected chi connectivity index (χ1v) is 5.29. The Balaban J connectivity index is 1.82. The third kappa shape index (κ3) is 2.90. The van der Waals surface area contributed by atoms with Crippen molar-refractivity contribution in [2.45, 2.75) is 26.9 Å². The second-order valence-electron chi connectivity index (χ2n) is 3.80. The summed E-state index contributed by atoms with van der Waals surface area (Å²) in [6.45, 7) is 5.28. The molecule has 0 spiro atoms. The van der Waals surface area contributed by atoms with E-state index in [2.05, 4.69) is 46.7 Å². The third-order valence-electron chi connectivity index (χ3n) is 2.29. The zero-order chi connectivity index (χ0) is 11.4. The van der Waals surface area contributed by atoms with Crippen molar-refractivity contribution in [1.29, 1.82) is 0 Å². The van der Waals surface area contributed by atoms with Crippen LogP contribution in [0.3, 0.4) is 0 Å². The number of nitrogens with one attached hydrogen (secondary N) is 1. The summed E-state index contributed by atoms with van der Waals surface area (Å²) < 4.78 is 5.26. The van der Waals surface area contributed by atoms with Gasteiger partial charge in [-0.15, -0.1) is 10.2 Å². The van der Waals surface area contributed by atoms with Gasteiger partial charge in [0.1, 0.15) is 0 Å². The SMILES string of the molecule is Cc1ccc(CNCc2nnc(C)o2)cc1. The van der Waals surface area contributed by atoms with Crippen molar-refractivity contribution in [2.24, 2.45) is 0 Å². The van der Waals surface area contributed by atoms with Crippen molar-refractivity contribution < 1.29 is 4.42 Å². The van der Waals surface area contributed by atoms with Crippen LogP contribution in [0, 0.1) is 13.8 Å². The number of nitrogens with zero attached hydrogens (tertiary/aromatic N) is 2. The molecule has 16 heavy (non-hydrogen) atoms. The molecule has 1 aromatic carbocycles.